The van der Waals surface area contributed by atoms with E-state index in [0.717, 1.165) is 44.9 Å². The van der Waals surface area contributed by atoms with Gasteiger partial charge >= 0.3 is 5.97 Å². The van der Waals surface area contributed by atoms with Crippen LogP contribution in [-0.2, 0) is 14.3 Å². The van der Waals surface area contributed by atoms with Crippen LogP contribution in [0.2, 0.25) is 0 Å². The topological polar surface area (TPSA) is 95.9 Å². The van der Waals surface area contributed by atoms with E-state index in [-0.39, 0.29) is 18.5 Å². The van der Waals surface area contributed by atoms with E-state index in [1.807, 2.05) is 0 Å². The Labute approximate surface area is 456 Å². The van der Waals surface area contributed by atoms with E-state index in [9.17, 15) is 19.8 Å². The SMILES string of the molecule is CCCCCCCCC/C=C\CCCCCCCC(=O)OCCCCCCCCCC/C=C\CCCCCCCCCC(=O)NC(CO)C(O)CCCCCCCCCCCCCCCCCCCCCCC. The number of hydrogen-bond acceptors (Lipinski definition) is 5. The summed E-state index contributed by atoms with van der Waals surface area (Å²) in [6.45, 7) is 4.96. The van der Waals surface area contributed by atoms with Gasteiger partial charge < -0.3 is 20.3 Å². The van der Waals surface area contributed by atoms with Gasteiger partial charge in [0, 0.05) is 12.8 Å². The van der Waals surface area contributed by atoms with E-state index in [4.69, 9.17) is 4.74 Å². The van der Waals surface area contributed by atoms with Gasteiger partial charge in [-0.05, 0) is 77.0 Å². The molecule has 0 aliphatic carbocycles. The highest BCUT2D eigenvalue weighted by Crippen LogP contribution is 2.18. The van der Waals surface area contributed by atoms with Gasteiger partial charge in [-0.2, -0.15) is 0 Å². The lowest BCUT2D eigenvalue weighted by Crippen LogP contribution is -2.45. The Bertz CT molecular complexity index is 1140. The van der Waals surface area contributed by atoms with Crippen molar-refractivity contribution in [1.82, 2.24) is 5.32 Å². The standard InChI is InChI=1S/C67H129NO5/c1-3-5-7-9-11-13-15-17-19-21-22-23-25-28-31-35-39-43-47-51-55-59-65(70)64(63-69)68-66(71)60-56-52-48-44-40-36-32-29-26-24-27-30-34-38-42-46-50-54-58-62-73-67(72)61-57-53-49-45-41-37-33-20-18-16-14-12-10-8-6-4-2/h20,24,26,33,64-65,69-70H,3-19,21-23,25,27-32,34-63H2,1-2H3,(H,68,71)/b26-24-,33-20-. The summed E-state index contributed by atoms with van der Waals surface area (Å²) in [7, 11) is 0. The van der Waals surface area contributed by atoms with Crippen LogP contribution in [0.3, 0.4) is 0 Å². The van der Waals surface area contributed by atoms with E-state index >= 15 is 0 Å². The summed E-state index contributed by atoms with van der Waals surface area (Å²) in [4.78, 5) is 24.6. The van der Waals surface area contributed by atoms with Crippen LogP contribution in [-0.4, -0.2) is 47.4 Å². The van der Waals surface area contributed by atoms with Crippen molar-refractivity contribution in [2.24, 2.45) is 0 Å². The normalized spacial score (nSPS) is 12.7. The molecule has 6 nitrogen and oxygen atoms in total. The van der Waals surface area contributed by atoms with Gasteiger partial charge in [0.25, 0.3) is 0 Å². The molecule has 0 aromatic heterocycles. The van der Waals surface area contributed by atoms with Crippen LogP contribution < -0.4 is 5.32 Å². The number of carbonyl (C=O) groups is 2. The minimum atomic E-state index is -0.672. The largest absolute Gasteiger partial charge is 0.466 e. The number of hydrogen-bond donors (Lipinski definition) is 3. The lowest BCUT2D eigenvalue weighted by atomic mass is 10.0. The van der Waals surface area contributed by atoms with Crippen molar-refractivity contribution in [3.8, 4) is 0 Å². The fourth-order valence-corrected chi connectivity index (χ4v) is 10.4. The number of allylic oxidation sites excluding steroid dienone is 4. The quantitative estimate of drug-likeness (QED) is 0.0320. The fraction of sp³-hybridized carbons (Fsp3) is 0.910. The molecule has 0 aliphatic heterocycles. The van der Waals surface area contributed by atoms with Crippen molar-refractivity contribution in [2.75, 3.05) is 13.2 Å². The molecule has 0 rings (SSSR count). The zero-order valence-corrected chi connectivity index (χ0v) is 49.4. The molecule has 3 N–H and O–H groups in total. The third kappa shape index (κ3) is 59.4. The first-order valence-electron chi connectivity index (χ1n) is 33.1. The van der Waals surface area contributed by atoms with Crippen LogP contribution in [0.25, 0.3) is 0 Å². The molecule has 6 heteroatoms. The number of aliphatic hydroxyl groups excluding tert-OH is 2. The first kappa shape index (κ1) is 71.3. The summed E-state index contributed by atoms with van der Waals surface area (Å²) >= 11 is 0. The maximum Gasteiger partial charge on any atom is 0.305 e. The third-order valence-corrected chi connectivity index (χ3v) is 15.5. The molecular weight excluding hydrogens is 899 g/mol. The van der Waals surface area contributed by atoms with Crippen LogP contribution in [0, 0.1) is 0 Å². The molecule has 0 spiro atoms. The number of ether oxygens (including phenoxy) is 1. The zero-order valence-electron chi connectivity index (χ0n) is 49.4. The summed E-state index contributed by atoms with van der Waals surface area (Å²) in [5.74, 6) is -0.0437. The number of aliphatic hydroxyl groups is 2. The lowest BCUT2D eigenvalue weighted by Gasteiger charge is -2.22. The first-order chi connectivity index (χ1) is 36.0. The van der Waals surface area contributed by atoms with E-state index in [0.29, 0.717) is 25.9 Å². The second-order valence-corrected chi connectivity index (χ2v) is 22.8. The molecule has 0 saturated carbocycles. The summed E-state index contributed by atoms with van der Waals surface area (Å²) in [5.41, 5.74) is 0. The minimum absolute atomic E-state index is 0.00257. The highest BCUT2D eigenvalue weighted by atomic mass is 16.5. The number of esters is 1. The number of amides is 1. The molecule has 0 aliphatic rings. The van der Waals surface area contributed by atoms with E-state index < -0.39 is 12.1 Å². The molecule has 73 heavy (non-hydrogen) atoms. The van der Waals surface area contributed by atoms with Gasteiger partial charge in [0.1, 0.15) is 0 Å². The average molecular weight is 1030 g/mol. The first-order valence-corrected chi connectivity index (χ1v) is 33.1. The Morgan fingerprint density at radius 1 is 0.370 bits per heavy atom. The maximum absolute atomic E-state index is 12.5. The summed E-state index contributed by atoms with van der Waals surface area (Å²) in [5, 5.41) is 23.4. The zero-order chi connectivity index (χ0) is 52.9. The van der Waals surface area contributed by atoms with Gasteiger partial charge in [0.2, 0.25) is 5.91 Å². The second kappa shape index (κ2) is 62.9. The van der Waals surface area contributed by atoms with Gasteiger partial charge in [0.15, 0.2) is 0 Å². The molecule has 432 valence electrons. The monoisotopic (exact) mass is 1030 g/mol. The van der Waals surface area contributed by atoms with Crippen molar-refractivity contribution in [3.63, 3.8) is 0 Å². The molecular formula is C67H129NO5. The van der Waals surface area contributed by atoms with Gasteiger partial charge in [-0.15, -0.1) is 0 Å². The summed E-state index contributed by atoms with van der Waals surface area (Å²) < 4.78 is 5.48. The predicted octanol–water partition coefficient (Wildman–Crippen LogP) is 21.0. The van der Waals surface area contributed by atoms with Crippen LogP contribution in [0.1, 0.15) is 367 Å². The highest BCUT2D eigenvalue weighted by molar-refractivity contribution is 5.76. The third-order valence-electron chi connectivity index (χ3n) is 15.5. The molecule has 0 aromatic rings. The van der Waals surface area contributed by atoms with Crippen LogP contribution in [0.5, 0.6) is 0 Å². The van der Waals surface area contributed by atoms with Crippen LogP contribution >= 0.6 is 0 Å². The predicted molar refractivity (Wildman–Crippen MR) is 320 cm³/mol. The van der Waals surface area contributed by atoms with Crippen LogP contribution in [0.4, 0.5) is 0 Å². The Balaban J connectivity index is 3.43. The van der Waals surface area contributed by atoms with Crippen molar-refractivity contribution < 1.29 is 24.5 Å². The summed E-state index contributed by atoms with van der Waals surface area (Å²) in [6, 6.07) is -0.550. The molecule has 1 amide bonds. The molecule has 0 radical (unpaired) electrons. The molecule has 0 saturated heterocycles. The number of carbonyl (C=O) groups excluding carboxylic acids is 2. The highest BCUT2D eigenvalue weighted by Gasteiger charge is 2.20. The molecule has 2 atom stereocenters. The lowest BCUT2D eigenvalue weighted by molar-refractivity contribution is -0.143. The smallest absolute Gasteiger partial charge is 0.305 e. The Kier molecular flexibility index (Phi) is 61.4. The van der Waals surface area contributed by atoms with E-state index in [2.05, 4.69) is 43.5 Å². The second-order valence-electron chi connectivity index (χ2n) is 22.8. The molecule has 0 heterocycles. The van der Waals surface area contributed by atoms with Crippen molar-refractivity contribution >= 4 is 11.9 Å². The van der Waals surface area contributed by atoms with Crippen molar-refractivity contribution in [3.05, 3.63) is 24.3 Å². The van der Waals surface area contributed by atoms with Gasteiger partial charge in [-0.1, -0.05) is 301 Å². The molecule has 0 fully saturated rings. The molecule has 0 aromatic carbocycles. The number of nitrogens with one attached hydrogen (secondary N) is 1. The minimum Gasteiger partial charge on any atom is -0.466 e. The van der Waals surface area contributed by atoms with Gasteiger partial charge in [-0.25, -0.2) is 0 Å². The average Bonchev–Trinajstić information content (AvgIpc) is 3.39. The Hall–Kier alpha value is -1.66. The van der Waals surface area contributed by atoms with Gasteiger partial charge in [0.05, 0.1) is 25.4 Å². The molecule has 2 unspecified atom stereocenters. The maximum atomic E-state index is 12.5. The number of unbranched alkanes of at least 4 members (excludes halogenated alkanes) is 47. The van der Waals surface area contributed by atoms with E-state index in [1.54, 1.807) is 0 Å². The van der Waals surface area contributed by atoms with Crippen LogP contribution in [0.15, 0.2) is 24.3 Å². The number of rotatable bonds is 62. The Morgan fingerprint density at radius 2 is 0.644 bits per heavy atom. The van der Waals surface area contributed by atoms with Crippen molar-refractivity contribution in [2.45, 2.75) is 379 Å². The molecule has 0 bridgehead atoms. The van der Waals surface area contributed by atoms with Crippen molar-refractivity contribution in [1.29, 1.82) is 0 Å². The Morgan fingerprint density at radius 3 is 0.973 bits per heavy atom. The summed E-state index contributed by atoms with van der Waals surface area (Å²) in [6.07, 6.45) is 77.7. The van der Waals surface area contributed by atoms with Gasteiger partial charge in [-0.3, -0.25) is 9.59 Å². The fourth-order valence-electron chi connectivity index (χ4n) is 10.4. The van der Waals surface area contributed by atoms with E-state index in [1.165, 1.54) is 289 Å².